The average molecular weight is 308 g/mol. The SMILES string of the molecule is CC(C)(C)c1ccc(C(=O)Cc2ccc3c(c2)B(O)OC3)cc1. The Morgan fingerprint density at radius 2 is 1.87 bits per heavy atom. The summed E-state index contributed by atoms with van der Waals surface area (Å²) in [5, 5.41) is 9.76. The molecule has 1 heterocycles. The Morgan fingerprint density at radius 1 is 1.17 bits per heavy atom. The molecule has 0 atom stereocenters. The third-order valence-electron chi connectivity index (χ3n) is 4.31. The molecule has 118 valence electrons. The number of fused-ring (bicyclic) bond motifs is 1. The first-order chi connectivity index (χ1) is 10.8. The van der Waals surface area contributed by atoms with Crippen LogP contribution in [0.4, 0.5) is 0 Å². The van der Waals surface area contributed by atoms with Crippen LogP contribution >= 0.6 is 0 Å². The Morgan fingerprint density at radius 3 is 2.52 bits per heavy atom. The molecule has 0 amide bonds. The lowest BCUT2D eigenvalue weighted by atomic mass is 9.78. The maximum absolute atomic E-state index is 12.5. The molecule has 0 unspecified atom stereocenters. The van der Waals surface area contributed by atoms with Gasteiger partial charge in [0, 0.05) is 12.0 Å². The van der Waals surface area contributed by atoms with Crippen LogP contribution in [0, 0.1) is 0 Å². The highest BCUT2D eigenvalue weighted by molar-refractivity contribution is 6.61. The van der Waals surface area contributed by atoms with Crippen LogP contribution in [0.2, 0.25) is 0 Å². The lowest BCUT2D eigenvalue weighted by molar-refractivity contribution is 0.0993. The van der Waals surface area contributed by atoms with Gasteiger partial charge >= 0.3 is 7.12 Å². The molecule has 4 heteroatoms. The van der Waals surface area contributed by atoms with E-state index >= 15 is 0 Å². The minimum Gasteiger partial charge on any atom is -0.423 e. The summed E-state index contributed by atoms with van der Waals surface area (Å²) in [6.45, 7) is 6.89. The number of ketones is 1. The molecule has 0 saturated carbocycles. The van der Waals surface area contributed by atoms with E-state index in [-0.39, 0.29) is 11.2 Å². The summed E-state index contributed by atoms with van der Waals surface area (Å²) in [6, 6.07) is 13.6. The van der Waals surface area contributed by atoms with E-state index in [9.17, 15) is 9.82 Å². The molecule has 1 N–H and O–H groups in total. The van der Waals surface area contributed by atoms with E-state index in [0.717, 1.165) is 22.2 Å². The summed E-state index contributed by atoms with van der Waals surface area (Å²) in [5.41, 5.74) is 4.68. The average Bonchev–Trinajstić information content (AvgIpc) is 2.88. The molecule has 0 spiro atoms. The van der Waals surface area contributed by atoms with Crippen LogP contribution in [0.1, 0.15) is 47.8 Å². The predicted molar refractivity (Wildman–Crippen MR) is 92.0 cm³/mol. The summed E-state index contributed by atoms with van der Waals surface area (Å²) in [7, 11) is -0.869. The van der Waals surface area contributed by atoms with Crippen LogP contribution in [-0.4, -0.2) is 17.9 Å². The fourth-order valence-electron chi connectivity index (χ4n) is 2.82. The van der Waals surface area contributed by atoms with Crippen molar-refractivity contribution in [3.63, 3.8) is 0 Å². The van der Waals surface area contributed by atoms with Crippen molar-refractivity contribution >= 4 is 18.4 Å². The van der Waals surface area contributed by atoms with Gasteiger partial charge in [-0.15, -0.1) is 0 Å². The van der Waals surface area contributed by atoms with Crippen LogP contribution in [0.5, 0.6) is 0 Å². The van der Waals surface area contributed by atoms with E-state index in [4.69, 9.17) is 4.65 Å². The van der Waals surface area contributed by atoms with Gasteiger partial charge in [-0.1, -0.05) is 63.2 Å². The van der Waals surface area contributed by atoms with E-state index in [1.165, 1.54) is 5.56 Å². The molecule has 2 aromatic carbocycles. The normalized spacial score (nSPS) is 14.0. The number of rotatable bonds is 3. The molecule has 2 aromatic rings. The highest BCUT2D eigenvalue weighted by Gasteiger charge is 2.27. The zero-order valence-corrected chi connectivity index (χ0v) is 13.8. The third-order valence-corrected chi connectivity index (χ3v) is 4.31. The molecule has 0 saturated heterocycles. The van der Waals surface area contributed by atoms with Crippen LogP contribution < -0.4 is 5.46 Å². The van der Waals surface area contributed by atoms with Crippen molar-refractivity contribution in [1.29, 1.82) is 0 Å². The summed E-state index contributed by atoms with van der Waals surface area (Å²) in [6.07, 6.45) is 0.328. The molecule has 0 aromatic heterocycles. The third kappa shape index (κ3) is 3.38. The Kier molecular flexibility index (Phi) is 4.13. The lowest BCUT2D eigenvalue weighted by Crippen LogP contribution is -2.28. The van der Waals surface area contributed by atoms with Crippen LogP contribution in [0.15, 0.2) is 42.5 Å². The topological polar surface area (TPSA) is 46.5 Å². The van der Waals surface area contributed by atoms with E-state index < -0.39 is 7.12 Å². The maximum atomic E-state index is 12.5. The highest BCUT2D eigenvalue weighted by Crippen LogP contribution is 2.22. The largest absolute Gasteiger partial charge is 0.491 e. The molecule has 3 rings (SSSR count). The van der Waals surface area contributed by atoms with Gasteiger partial charge in [0.1, 0.15) is 0 Å². The van der Waals surface area contributed by atoms with Crippen molar-refractivity contribution in [2.75, 3.05) is 0 Å². The van der Waals surface area contributed by atoms with E-state index in [1.54, 1.807) is 0 Å². The standard InChI is InChI=1S/C19H21BO3/c1-19(2,3)16-8-6-14(7-9-16)18(21)11-13-4-5-15-12-23-20(22)17(15)10-13/h4-10,22H,11-12H2,1-3H3. The van der Waals surface area contributed by atoms with Gasteiger partial charge in [0.25, 0.3) is 0 Å². The van der Waals surface area contributed by atoms with Crippen molar-refractivity contribution < 1.29 is 14.5 Å². The predicted octanol–water partition coefficient (Wildman–Crippen LogP) is 2.63. The first-order valence-electron chi connectivity index (χ1n) is 7.90. The van der Waals surface area contributed by atoms with Crippen LogP contribution in [-0.2, 0) is 23.1 Å². The molecular formula is C19H21BO3. The summed E-state index contributed by atoms with van der Waals surface area (Å²) >= 11 is 0. The monoisotopic (exact) mass is 308 g/mol. The molecule has 3 nitrogen and oxygen atoms in total. The Balaban J connectivity index is 1.76. The number of carbonyl (C=O) groups excluding carboxylic acids is 1. The minimum absolute atomic E-state index is 0.0811. The number of carbonyl (C=O) groups is 1. The van der Waals surface area contributed by atoms with Gasteiger partial charge in [0.05, 0.1) is 6.61 Å². The van der Waals surface area contributed by atoms with Crippen LogP contribution in [0.3, 0.4) is 0 Å². The second-order valence-electron chi connectivity index (χ2n) is 7.12. The first kappa shape index (κ1) is 16.0. The summed E-state index contributed by atoms with van der Waals surface area (Å²) in [4.78, 5) is 12.5. The Labute approximate surface area is 137 Å². The fraction of sp³-hybridized carbons (Fsp3) is 0.316. The highest BCUT2D eigenvalue weighted by atomic mass is 16.5. The Hall–Kier alpha value is -1.91. The number of hydrogen-bond acceptors (Lipinski definition) is 3. The van der Waals surface area contributed by atoms with Crippen molar-refractivity contribution in [3.05, 3.63) is 64.7 Å². The van der Waals surface area contributed by atoms with Gasteiger partial charge in [-0.3, -0.25) is 4.79 Å². The number of Topliss-reactive ketones (excluding diaryl/α,β-unsaturated/α-hetero) is 1. The minimum atomic E-state index is -0.869. The second-order valence-corrected chi connectivity index (χ2v) is 7.12. The zero-order valence-electron chi connectivity index (χ0n) is 13.8. The van der Waals surface area contributed by atoms with E-state index in [1.807, 2.05) is 42.5 Å². The van der Waals surface area contributed by atoms with Gasteiger partial charge in [0.15, 0.2) is 5.78 Å². The molecule has 1 aliphatic heterocycles. The molecule has 23 heavy (non-hydrogen) atoms. The van der Waals surface area contributed by atoms with Gasteiger partial charge in [0.2, 0.25) is 0 Å². The quantitative estimate of drug-likeness (QED) is 0.700. The number of hydrogen-bond donors (Lipinski definition) is 1. The fourth-order valence-corrected chi connectivity index (χ4v) is 2.82. The van der Waals surface area contributed by atoms with Gasteiger partial charge in [-0.25, -0.2) is 0 Å². The molecule has 0 radical (unpaired) electrons. The molecule has 0 bridgehead atoms. The summed E-state index contributed by atoms with van der Waals surface area (Å²) in [5.74, 6) is 0.0822. The van der Waals surface area contributed by atoms with Crippen molar-refractivity contribution in [1.82, 2.24) is 0 Å². The maximum Gasteiger partial charge on any atom is 0.491 e. The lowest BCUT2D eigenvalue weighted by Gasteiger charge is -2.19. The first-order valence-corrected chi connectivity index (χ1v) is 7.90. The molecular weight excluding hydrogens is 287 g/mol. The van der Waals surface area contributed by atoms with Gasteiger partial charge in [-0.2, -0.15) is 0 Å². The smallest absolute Gasteiger partial charge is 0.423 e. The van der Waals surface area contributed by atoms with Crippen molar-refractivity contribution in [3.8, 4) is 0 Å². The second kappa shape index (κ2) is 5.95. The zero-order chi connectivity index (χ0) is 16.6. The summed E-state index contributed by atoms with van der Waals surface area (Å²) < 4.78 is 5.18. The van der Waals surface area contributed by atoms with E-state index in [2.05, 4.69) is 20.8 Å². The molecule has 0 fully saturated rings. The van der Waals surface area contributed by atoms with Gasteiger partial charge < -0.3 is 9.68 Å². The van der Waals surface area contributed by atoms with Gasteiger partial charge in [-0.05, 0) is 27.6 Å². The van der Waals surface area contributed by atoms with Crippen molar-refractivity contribution in [2.24, 2.45) is 0 Å². The van der Waals surface area contributed by atoms with Crippen LogP contribution in [0.25, 0.3) is 0 Å². The Bertz CT molecular complexity index is 729. The van der Waals surface area contributed by atoms with E-state index in [0.29, 0.717) is 13.0 Å². The van der Waals surface area contributed by atoms with Crippen molar-refractivity contribution in [2.45, 2.75) is 39.2 Å². The molecule has 0 aliphatic carbocycles. The number of benzene rings is 2. The molecule has 1 aliphatic rings.